The largest absolute Gasteiger partial charge is 0.496 e. The molecule has 84 valence electrons. The van der Waals surface area contributed by atoms with Crippen molar-refractivity contribution < 1.29 is 23.4 Å². The molecule has 0 radical (unpaired) electrons. The molecule has 4 nitrogen and oxygen atoms in total. The quantitative estimate of drug-likeness (QED) is 0.853. The molecule has 0 atom stereocenters. The number of nitriles is 1. The molecule has 1 aromatic carbocycles. The van der Waals surface area contributed by atoms with Gasteiger partial charge in [-0.3, -0.25) is 0 Å². The second-order valence-corrected chi connectivity index (χ2v) is 2.91. The lowest BCUT2D eigenvalue weighted by atomic mass is 10.0. The molecule has 0 saturated heterocycles. The number of alkyl halides is 2. The predicted octanol–water partition coefficient (Wildman–Crippen LogP) is 1.74. The third kappa shape index (κ3) is 1.93. The van der Waals surface area contributed by atoms with Gasteiger partial charge in [0.2, 0.25) is 0 Å². The fourth-order valence-electron chi connectivity index (χ4n) is 1.14. The number of ether oxygens (including phenoxy) is 1. The zero-order valence-electron chi connectivity index (χ0n) is 8.20. The van der Waals surface area contributed by atoms with E-state index in [0.29, 0.717) is 0 Å². The number of benzene rings is 1. The molecular formula is C10H7F2NO3. The molecule has 0 spiro atoms. The van der Waals surface area contributed by atoms with E-state index in [1.165, 1.54) is 6.07 Å². The first-order chi connectivity index (χ1) is 7.43. The Hall–Kier alpha value is -2.16. The number of hydrogen-bond donors (Lipinski definition) is 1. The van der Waals surface area contributed by atoms with Crippen molar-refractivity contribution in [1.29, 1.82) is 5.26 Å². The number of nitrogens with zero attached hydrogens (tertiary/aromatic N) is 1. The average molecular weight is 227 g/mol. The van der Waals surface area contributed by atoms with E-state index in [0.717, 1.165) is 19.2 Å². The zero-order chi connectivity index (χ0) is 12.3. The van der Waals surface area contributed by atoms with E-state index < -0.39 is 17.5 Å². The fourth-order valence-corrected chi connectivity index (χ4v) is 1.14. The monoisotopic (exact) mass is 227 g/mol. The van der Waals surface area contributed by atoms with Crippen LogP contribution < -0.4 is 4.74 Å². The Morgan fingerprint density at radius 3 is 2.62 bits per heavy atom. The zero-order valence-corrected chi connectivity index (χ0v) is 8.20. The van der Waals surface area contributed by atoms with Crippen molar-refractivity contribution in [3.63, 3.8) is 0 Å². The first kappa shape index (κ1) is 11.9. The Morgan fingerprint density at radius 1 is 1.56 bits per heavy atom. The maximum atomic E-state index is 13.3. The molecule has 0 heterocycles. The highest BCUT2D eigenvalue weighted by molar-refractivity contribution is 5.78. The molecule has 0 bridgehead atoms. The van der Waals surface area contributed by atoms with Gasteiger partial charge < -0.3 is 9.84 Å². The van der Waals surface area contributed by atoms with Crippen molar-refractivity contribution in [1.82, 2.24) is 0 Å². The Kier molecular flexibility index (Phi) is 3.09. The lowest BCUT2D eigenvalue weighted by molar-refractivity contribution is -0.166. The average Bonchev–Trinajstić information content (AvgIpc) is 2.27. The van der Waals surface area contributed by atoms with Gasteiger partial charge in [0.25, 0.3) is 0 Å². The van der Waals surface area contributed by atoms with E-state index in [9.17, 15) is 13.6 Å². The summed E-state index contributed by atoms with van der Waals surface area (Å²) in [6.45, 7) is 0. The van der Waals surface area contributed by atoms with Crippen LogP contribution in [0.1, 0.15) is 11.1 Å². The summed E-state index contributed by atoms with van der Waals surface area (Å²) in [5, 5.41) is 16.9. The van der Waals surface area contributed by atoms with Crippen LogP contribution in [0.2, 0.25) is 0 Å². The van der Waals surface area contributed by atoms with Crippen LogP contribution in [0.3, 0.4) is 0 Å². The Labute approximate surface area is 89.7 Å². The van der Waals surface area contributed by atoms with Crippen LogP contribution in [-0.2, 0) is 10.7 Å². The summed E-state index contributed by atoms with van der Waals surface area (Å²) in [6.07, 6.45) is 0. The summed E-state index contributed by atoms with van der Waals surface area (Å²) >= 11 is 0. The van der Waals surface area contributed by atoms with Crippen LogP contribution >= 0.6 is 0 Å². The summed E-state index contributed by atoms with van der Waals surface area (Å²) in [5.41, 5.74) is -0.890. The molecule has 0 aromatic heterocycles. The van der Waals surface area contributed by atoms with Crippen LogP contribution in [0.15, 0.2) is 18.2 Å². The SMILES string of the molecule is COc1ccc(C#N)cc1C(F)(F)C(=O)O. The van der Waals surface area contributed by atoms with Gasteiger partial charge in [-0.15, -0.1) is 0 Å². The van der Waals surface area contributed by atoms with Crippen molar-refractivity contribution in [2.75, 3.05) is 7.11 Å². The normalized spacial score (nSPS) is 10.6. The molecule has 1 rings (SSSR count). The Bertz CT molecular complexity index is 466. The van der Waals surface area contributed by atoms with Crippen LogP contribution in [0, 0.1) is 11.3 Å². The van der Waals surface area contributed by atoms with Gasteiger partial charge in [-0.2, -0.15) is 14.0 Å². The molecule has 1 N–H and O–H groups in total. The molecule has 0 amide bonds. The van der Waals surface area contributed by atoms with Gasteiger partial charge in [0.15, 0.2) is 0 Å². The number of methoxy groups -OCH3 is 1. The van der Waals surface area contributed by atoms with Gasteiger partial charge in [-0.25, -0.2) is 4.79 Å². The standard InChI is InChI=1S/C10H7F2NO3/c1-16-8-3-2-6(5-13)4-7(8)10(11,12)9(14)15/h2-4H,1H3,(H,14,15). The summed E-state index contributed by atoms with van der Waals surface area (Å²) in [6, 6.07) is 4.84. The van der Waals surface area contributed by atoms with Gasteiger partial charge in [-0.05, 0) is 18.2 Å². The number of halogens is 2. The van der Waals surface area contributed by atoms with Crippen LogP contribution in [-0.4, -0.2) is 18.2 Å². The highest BCUT2D eigenvalue weighted by Crippen LogP contribution is 2.35. The highest BCUT2D eigenvalue weighted by Gasteiger charge is 2.43. The van der Waals surface area contributed by atoms with E-state index >= 15 is 0 Å². The number of carboxylic acid groups (broad SMARTS) is 1. The van der Waals surface area contributed by atoms with Crippen molar-refractivity contribution in [3.05, 3.63) is 29.3 Å². The fraction of sp³-hybridized carbons (Fsp3) is 0.200. The second-order valence-electron chi connectivity index (χ2n) is 2.91. The number of rotatable bonds is 3. The number of carboxylic acids is 1. The molecule has 0 aliphatic heterocycles. The molecule has 6 heteroatoms. The molecule has 16 heavy (non-hydrogen) atoms. The van der Waals surface area contributed by atoms with E-state index in [1.807, 2.05) is 0 Å². The lowest BCUT2D eigenvalue weighted by Crippen LogP contribution is -2.26. The summed E-state index contributed by atoms with van der Waals surface area (Å²) in [4.78, 5) is 10.4. The van der Waals surface area contributed by atoms with Crippen molar-refractivity contribution in [2.24, 2.45) is 0 Å². The van der Waals surface area contributed by atoms with Gasteiger partial charge in [0.05, 0.1) is 24.3 Å². The molecular weight excluding hydrogens is 220 g/mol. The molecule has 0 aliphatic rings. The number of carbonyl (C=O) groups is 1. The van der Waals surface area contributed by atoms with E-state index in [2.05, 4.69) is 4.74 Å². The van der Waals surface area contributed by atoms with Crippen molar-refractivity contribution >= 4 is 5.97 Å². The van der Waals surface area contributed by atoms with Crippen molar-refractivity contribution in [2.45, 2.75) is 5.92 Å². The van der Waals surface area contributed by atoms with Crippen LogP contribution in [0.4, 0.5) is 8.78 Å². The minimum absolute atomic E-state index is 0.0586. The minimum atomic E-state index is -4.09. The topological polar surface area (TPSA) is 70.3 Å². The maximum absolute atomic E-state index is 13.3. The molecule has 0 aliphatic carbocycles. The van der Waals surface area contributed by atoms with Gasteiger partial charge in [0.1, 0.15) is 5.75 Å². The maximum Gasteiger partial charge on any atom is 0.379 e. The van der Waals surface area contributed by atoms with E-state index in [1.54, 1.807) is 6.07 Å². The highest BCUT2D eigenvalue weighted by atomic mass is 19.3. The van der Waals surface area contributed by atoms with E-state index in [4.69, 9.17) is 10.4 Å². The summed E-state index contributed by atoms with van der Waals surface area (Å²) in [5.74, 6) is -6.65. The molecule has 0 fully saturated rings. The Morgan fingerprint density at radius 2 is 2.19 bits per heavy atom. The lowest BCUT2D eigenvalue weighted by Gasteiger charge is -2.15. The third-order valence-corrected chi connectivity index (χ3v) is 1.94. The third-order valence-electron chi connectivity index (χ3n) is 1.94. The van der Waals surface area contributed by atoms with Crippen LogP contribution in [0.5, 0.6) is 5.75 Å². The number of aliphatic carboxylic acids is 1. The summed E-state index contributed by atoms with van der Waals surface area (Å²) in [7, 11) is 1.14. The second kappa shape index (κ2) is 4.14. The van der Waals surface area contributed by atoms with Gasteiger partial charge >= 0.3 is 11.9 Å². The van der Waals surface area contributed by atoms with Crippen LogP contribution in [0.25, 0.3) is 0 Å². The van der Waals surface area contributed by atoms with Crippen molar-refractivity contribution in [3.8, 4) is 11.8 Å². The molecule has 0 saturated carbocycles. The molecule has 1 aromatic rings. The molecule has 0 unspecified atom stereocenters. The summed E-state index contributed by atoms with van der Waals surface area (Å²) < 4.78 is 31.1. The van der Waals surface area contributed by atoms with E-state index in [-0.39, 0.29) is 11.3 Å². The Balaban J connectivity index is 3.41. The first-order valence-corrected chi connectivity index (χ1v) is 4.13. The smallest absolute Gasteiger partial charge is 0.379 e. The number of hydrogen-bond acceptors (Lipinski definition) is 3. The van der Waals surface area contributed by atoms with Gasteiger partial charge in [0, 0.05) is 0 Å². The van der Waals surface area contributed by atoms with Gasteiger partial charge in [-0.1, -0.05) is 0 Å². The minimum Gasteiger partial charge on any atom is -0.496 e. The first-order valence-electron chi connectivity index (χ1n) is 4.13. The predicted molar refractivity (Wildman–Crippen MR) is 49.2 cm³/mol.